The molecule has 0 radical (unpaired) electrons. The molecule has 1 atom stereocenters. The number of hydrogen-bond acceptors (Lipinski definition) is 2. The van der Waals surface area contributed by atoms with Gasteiger partial charge in [-0.15, -0.1) is 0 Å². The third-order valence-electron chi connectivity index (χ3n) is 2.15. The highest BCUT2D eigenvalue weighted by atomic mass is 35.5. The zero-order chi connectivity index (χ0) is 14.8. The van der Waals surface area contributed by atoms with Gasteiger partial charge in [0.05, 0.1) is 5.56 Å². The van der Waals surface area contributed by atoms with E-state index in [-0.39, 0.29) is 5.02 Å². The third-order valence-corrected chi connectivity index (χ3v) is 2.39. The predicted octanol–water partition coefficient (Wildman–Crippen LogP) is 3.69. The Kier molecular flexibility index (Phi) is 4.57. The van der Waals surface area contributed by atoms with Crippen LogP contribution in [0.1, 0.15) is 5.56 Å². The first-order valence-electron chi connectivity index (χ1n) is 4.87. The minimum absolute atomic E-state index is 0.200. The monoisotopic (exact) mass is 307 g/mol. The fourth-order valence-electron chi connectivity index (χ4n) is 1.23. The van der Waals surface area contributed by atoms with Crippen molar-refractivity contribution in [1.82, 2.24) is 0 Å². The van der Waals surface area contributed by atoms with Crippen molar-refractivity contribution >= 4 is 17.3 Å². The molecule has 0 fully saturated rings. The van der Waals surface area contributed by atoms with Crippen molar-refractivity contribution in [3.05, 3.63) is 28.8 Å². The minimum Gasteiger partial charge on any atom is -0.382 e. The quantitative estimate of drug-likeness (QED) is 0.835. The van der Waals surface area contributed by atoms with E-state index in [1.165, 1.54) is 0 Å². The number of hydrogen-bond donors (Lipinski definition) is 2. The topological polar surface area (TPSA) is 32.3 Å². The van der Waals surface area contributed by atoms with Crippen LogP contribution in [0.15, 0.2) is 18.2 Å². The van der Waals surface area contributed by atoms with Gasteiger partial charge in [-0.25, -0.2) is 0 Å². The average molecular weight is 308 g/mol. The zero-order valence-corrected chi connectivity index (χ0v) is 9.87. The van der Waals surface area contributed by atoms with Crippen molar-refractivity contribution in [3.63, 3.8) is 0 Å². The first kappa shape index (κ1) is 15.9. The molecule has 108 valence electrons. The summed E-state index contributed by atoms with van der Waals surface area (Å²) in [6.45, 7) is -1.09. The molecule has 0 heterocycles. The maximum absolute atomic E-state index is 12.6. The van der Waals surface area contributed by atoms with E-state index in [4.69, 9.17) is 16.7 Å². The molecule has 1 unspecified atom stereocenters. The van der Waals surface area contributed by atoms with Crippen LogP contribution in [0.2, 0.25) is 5.02 Å². The Labute approximate surface area is 109 Å². The molecule has 0 amide bonds. The molecule has 1 rings (SSSR count). The van der Waals surface area contributed by atoms with E-state index in [2.05, 4.69) is 0 Å². The summed E-state index contributed by atoms with van der Waals surface area (Å²) < 4.78 is 73.9. The second-order valence-corrected chi connectivity index (χ2v) is 4.06. The van der Waals surface area contributed by atoms with Gasteiger partial charge in [0, 0.05) is 17.3 Å². The Bertz CT molecular complexity index is 445. The van der Waals surface area contributed by atoms with Crippen LogP contribution in [-0.4, -0.2) is 23.9 Å². The molecule has 2 N–H and O–H groups in total. The number of anilines is 1. The predicted molar refractivity (Wildman–Crippen MR) is 57.0 cm³/mol. The van der Waals surface area contributed by atoms with Crippen LogP contribution in [-0.2, 0) is 6.18 Å². The van der Waals surface area contributed by atoms with Gasteiger partial charge in [0.25, 0.3) is 0 Å². The summed E-state index contributed by atoms with van der Waals surface area (Å²) in [6, 6.07) is 2.58. The molecule has 19 heavy (non-hydrogen) atoms. The third kappa shape index (κ3) is 4.46. The van der Waals surface area contributed by atoms with Gasteiger partial charge in [-0.1, -0.05) is 11.6 Å². The van der Waals surface area contributed by atoms with Crippen LogP contribution in [0.4, 0.5) is 32.0 Å². The highest BCUT2D eigenvalue weighted by molar-refractivity contribution is 6.30. The maximum Gasteiger partial charge on any atom is 0.418 e. The molecule has 1 aromatic rings. The lowest BCUT2D eigenvalue weighted by atomic mass is 10.1. The number of halogens is 7. The van der Waals surface area contributed by atoms with Crippen LogP contribution in [0.25, 0.3) is 0 Å². The van der Waals surface area contributed by atoms with Gasteiger partial charge < -0.3 is 10.4 Å². The van der Waals surface area contributed by atoms with Gasteiger partial charge in [0.2, 0.25) is 0 Å². The van der Waals surface area contributed by atoms with Crippen molar-refractivity contribution < 1.29 is 31.4 Å². The molecule has 0 aliphatic carbocycles. The standard InChI is InChI=1S/C10H8ClF6NO/c11-5-1-2-7(6(3-5)9(12,13)14)18-4-8(19)10(15,16)17/h1-3,8,18-19H,4H2. The van der Waals surface area contributed by atoms with E-state index >= 15 is 0 Å². The lowest BCUT2D eigenvalue weighted by Crippen LogP contribution is -2.35. The van der Waals surface area contributed by atoms with Crippen LogP contribution in [0.3, 0.4) is 0 Å². The van der Waals surface area contributed by atoms with E-state index in [9.17, 15) is 26.3 Å². The van der Waals surface area contributed by atoms with Gasteiger partial charge in [-0.05, 0) is 18.2 Å². The van der Waals surface area contributed by atoms with E-state index in [1.807, 2.05) is 5.32 Å². The lowest BCUT2D eigenvalue weighted by Gasteiger charge is -2.18. The molecule has 0 saturated heterocycles. The molecule has 0 aliphatic heterocycles. The SMILES string of the molecule is OC(CNc1ccc(Cl)cc1C(F)(F)F)C(F)(F)F. The number of nitrogens with one attached hydrogen (secondary N) is 1. The number of benzene rings is 1. The number of aliphatic hydroxyl groups excluding tert-OH is 1. The van der Waals surface area contributed by atoms with E-state index in [0.717, 1.165) is 12.1 Å². The lowest BCUT2D eigenvalue weighted by molar-refractivity contribution is -0.198. The molecular weight excluding hydrogens is 300 g/mol. The van der Waals surface area contributed by atoms with Crippen LogP contribution in [0.5, 0.6) is 0 Å². The molecule has 0 bridgehead atoms. The fraction of sp³-hybridized carbons (Fsp3) is 0.400. The number of aliphatic hydroxyl groups is 1. The second-order valence-electron chi connectivity index (χ2n) is 3.63. The fourth-order valence-corrected chi connectivity index (χ4v) is 1.40. The minimum atomic E-state index is -4.90. The smallest absolute Gasteiger partial charge is 0.382 e. The summed E-state index contributed by atoms with van der Waals surface area (Å²) in [5.41, 5.74) is -1.78. The summed E-state index contributed by atoms with van der Waals surface area (Å²) >= 11 is 5.40. The Morgan fingerprint density at radius 3 is 2.21 bits per heavy atom. The summed E-state index contributed by atoms with van der Waals surface area (Å²) in [5, 5.41) is 10.4. The van der Waals surface area contributed by atoms with E-state index in [1.54, 1.807) is 0 Å². The maximum atomic E-state index is 12.6. The molecule has 2 nitrogen and oxygen atoms in total. The first-order valence-corrected chi connectivity index (χ1v) is 5.25. The largest absolute Gasteiger partial charge is 0.418 e. The van der Waals surface area contributed by atoms with Crippen LogP contribution in [0, 0.1) is 0 Å². The Morgan fingerprint density at radius 1 is 1.16 bits per heavy atom. The molecule has 0 aliphatic rings. The molecule has 0 spiro atoms. The number of alkyl halides is 6. The van der Waals surface area contributed by atoms with Crippen LogP contribution >= 0.6 is 11.6 Å². The van der Waals surface area contributed by atoms with Gasteiger partial charge >= 0.3 is 12.4 Å². The van der Waals surface area contributed by atoms with Gasteiger partial charge in [-0.3, -0.25) is 0 Å². The Hall–Kier alpha value is -1.15. The van der Waals surface area contributed by atoms with Crippen molar-refractivity contribution in [2.45, 2.75) is 18.5 Å². The van der Waals surface area contributed by atoms with Crippen molar-refractivity contribution in [3.8, 4) is 0 Å². The second kappa shape index (κ2) is 5.46. The summed E-state index contributed by atoms with van der Waals surface area (Å²) in [7, 11) is 0. The number of rotatable bonds is 3. The Morgan fingerprint density at radius 2 is 1.74 bits per heavy atom. The van der Waals surface area contributed by atoms with Crippen LogP contribution < -0.4 is 5.32 Å². The average Bonchev–Trinajstić information content (AvgIpc) is 2.24. The highest BCUT2D eigenvalue weighted by Crippen LogP contribution is 2.36. The van der Waals surface area contributed by atoms with Gasteiger partial charge in [-0.2, -0.15) is 26.3 Å². The van der Waals surface area contributed by atoms with E-state index in [0.29, 0.717) is 6.07 Å². The van der Waals surface area contributed by atoms with Gasteiger partial charge in [0.1, 0.15) is 0 Å². The summed E-state index contributed by atoms with van der Waals surface area (Å²) in [6.07, 6.45) is -12.4. The highest BCUT2D eigenvalue weighted by Gasteiger charge is 2.39. The molecule has 9 heteroatoms. The Balaban J connectivity index is 2.90. The zero-order valence-electron chi connectivity index (χ0n) is 9.11. The summed E-state index contributed by atoms with van der Waals surface area (Å²) in [5.74, 6) is 0. The molecule has 0 aromatic heterocycles. The normalized spacial score (nSPS) is 14.3. The van der Waals surface area contributed by atoms with Crippen molar-refractivity contribution in [1.29, 1.82) is 0 Å². The van der Waals surface area contributed by atoms with E-state index < -0.39 is 36.3 Å². The molecular formula is C10H8ClF6NO. The molecule has 0 saturated carbocycles. The summed E-state index contributed by atoms with van der Waals surface area (Å²) in [4.78, 5) is 0. The first-order chi connectivity index (χ1) is 8.51. The van der Waals surface area contributed by atoms with Crippen molar-refractivity contribution in [2.24, 2.45) is 0 Å². The van der Waals surface area contributed by atoms with Gasteiger partial charge in [0.15, 0.2) is 6.10 Å². The molecule has 1 aromatic carbocycles. The van der Waals surface area contributed by atoms with Crippen molar-refractivity contribution in [2.75, 3.05) is 11.9 Å².